The van der Waals surface area contributed by atoms with Crippen molar-refractivity contribution in [3.8, 4) is 0 Å². The summed E-state index contributed by atoms with van der Waals surface area (Å²) in [6, 6.07) is 0. The quantitative estimate of drug-likeness (QED) is 0.802. The second-order valence-corrected chi connectivity index (χ2v) is 5.07. The van der Waals surface area contributed by atoms with E-state index < -0.39 is 5.97 Å². The fourth-order valence-corrected chi connectivity index (χ4v) is 1.91. The van der Waals surface area contributed by atoms with Gasteiger partial charge in [-0.25, -0.2) is 0 Å². The van der Waals surface area contributed by atoms with Crippen LogP contribution in [0.2, 0.25) is 0 Å². The Morgan fingerprint density at radius 3 is 2.53 bits per heavy atom. The summed E-state index contributed by atoms with van der Waals surface area (Å²) in [5.74, 6) is -0.860. The minimum atomic E-state index is -1.04. The summed E-state index contributed by atoms with van der Waals surface area (Å²) >= 11 is 0. The molecule has 6 nitrogen and oxygen atoms in total. The van der Waals surface area contributed by atoms with Crippen molar-refractivity contribution in [2.24, 2.45) is 5.92 Å². The molecule has 106 valence electrons. The van der Waals surface area contributed by atoms with Crippen molar-refractivity contribution in [2.45, 2.75) is 40.7 Å². The van der Waals surface area contributed by atoms with Gasteiger partial charge in [0, 0.05) is 17.8 Å². The first kappa shape index (κ1) is 15.2. The van der Waals surface area contributed by atoms with E-state index in [9.17, 15) is 9.59 Å². The molecule has 19 heavy (non-hydrogen) atoms. The zero-order valence-corrected chi connectivity index (χ0v) is 11.9. The highest BCUT2D eigenvalue weighted by Crippen LogP contribution is 2.15. The lowest BCUT2D eigenvalue weighted by molar-refractivity contribution is -0.137. The number of carboxylic acid groups (broad SMARTS) is 1. The standard InChI is InChI=1S/C13H21N3O3/c1-8(2)7-16-10(4)11(9(3)15-16)5-12(17)14-6-13(18)19/h8H,5-7H2,1-4H3,(H,14,17)(H,18,19). The summed E-state index contributed by atoms with van der Waals surface area (Å²) in [5, 5.41) is 15.3. The van der Waals surface area contributed by atoms with Gasteiger partial charge in [-0.05, 0) is 19.8 Å². The summed E-state index contributed by atoms with van der Waals surface area (Å²) in [6.07, 6.45) is 0.170. The number of carbonyl (C=O) groups excluding carboxylic acids is 1. The van der Waals surface area contributed by atoms with Crippen LogP contribution in [0.25, 0.3) is 0 Å². The molecule has 0 aliphatic heterocycles. The van der Waals surface area contributed by atoms with Crippen molar-refractivity contribution < 1.29 is 14.7 Å². The van der Waals surface area contributed by atoms with Crippen molar-refractivity contribution in [1.82, 2.24) is 15.1 Å². The number of aliphatic carboxylic acids is 1. The highest BCUT2D eigenvalue weighted by atomic mass is 16.4. The Balaban J connectivity index is 2.75. The molecule has 0 aliphatic carbocycles. The number of rotatable bonds is 6. The third kappa shape index (κ3) is 4.39. The van der Waals surface area contributed by atoms with Crippen molar-refractivity contribution in [1.29, 1.82) is 0 Å². The van der Waals surface area contributed by atoms with Gasteiger partial charge in [0.1, 0.15) is 6.54 Å². The number of aryl methyl sites for hydroxylation is 1. The van der Waals surface area contributed by atoms with Crippen molar-refractivity contribution in [3.63, 3.8) is 0 Å². The van der Waals surface area contributed by atoms with E-state index in [0.29, 0.717) is 5.92 Å². The molecule has 1 heterocycles. The van der Waals surface area contributed by atoms with Gasteiger partial charge in [-0.3, -0.25) is 14.3 Å². The molecule has 1 amide bonds. The van der Waals surface area contributed by atoms with E-state index in [1.54, 1.807) is 0 Å². The molecule has 0 bridgehead atoms. The van der Waals surface area contributed by atoms with Gasteiger partial charge in [-0.1, -0.05) is 13.8 Å². The molecule has 0 spiro atoms. The smallest absolute Gasteiger partial charge is 0.322 e. The van der Waals surface area contributed by atoms with Gasteiger partial charge in [-0.2, -0.15) is 5.10 Å². The maximum Gasteiger partial charge on any atom is 0.322 e. The van der Waals surface area contributed by atoms with Crippen LogP contribution in [0, 0.1) is 19.8 Å². The number of carbonyl (C=O) groups is 2. The zero-order valence-electron chi connectivity index (χ0n) is 11.9. The lowest BCUT2D eigenvalue weighted by atomic mass is 10.1. The highest BCUT2D eigenvalue weighted by molar-refractivity contribution is 5.83. The van der Waals surface area contributed by atoms with E-state index in [1.165, 1.54) is 0 Å². The third-order valence-corrected chi connectivity index (χ3v) is 2.84. The molecule has 0 saturated carbocycles. The van der Waals surface area contributed by atoms with Crippen LogP contribution < -0.4 is 5.32 Å². The van der Waals surface area contributed by atoms with Crippen LogP contribution in [0.1, 0.15) is 30.8 Å². The Morgan fingerprint density at radius 2 is 2.00 bits per heavy atom. The molecule has 6 heteroatoms. The fraction of sp³-hybridized carbons (Fsp3) is 0.615. The second-order valence-electron chi connectivity index (χ2n) is 5.07. The predicted molar refractivity (Wildman–Crippen MR) is 70.9 cm³/mol. The lowest BCUT2D eigenvalue weighted by Crippen LogP contribution is -2.30. The summed E-state index contributed by atoms with van der Waals surface area (Å²) in [4.78, 5) is 22.0. The Labute approximate surface area is 112 Å². The van der Waals surface area contributed by atoms with Crippen LogP contribution in [0.3, 0.4) is 0 Å². The SMILES string of the molecule is Cc1nn(CC(C)C)c(C)c1CC(=O)NCC(=O)O. The molecule has 1 aromatic rings. The largest absolute Gasteiger partial charge is 0.480 e. The molecule has 0 aromatic carbocycles. The Hall–Kier alpha value is -1.85. The maximum atomic E-state index is 11.6. The van der Waals surface area contributed by atoms with Gasteiger partial charge in [0.2, 0.25) is 5.91 Å². The molecule has 0 saturated heterocycles. The number of amides is 1. The first-order valence-corrected chi connectivity index (χ1v) is 6.32. The minimum absolute atomic E-state index is 0.170. The van der Waals surface area contributed by atoms with Crippen LogP contribution in [0.15, 0.2) is 0 Å². The Bertz CT molecular complexity index is 478. The third-order valence-electron chi connectivity index (χ3n) is 2.84. The van der Waals surface area contributed by atoms with Crippen LogP contribution in [0.5, 0.6) is 0 Å². The first-order valence-electron chi connectivity index (χ1n) is 6.32. The van der Waals surface area contributed by atoms with Gasteiger partial charge in [-0.15, -0.1) is 0 Å². The molecular weight excluding hydrogens is 246 g/mol. The number of nitrogens with one attached hydrogen (secondary N) is 1. The van der Waals surface area contributed by atoms with Crippen molar-refractivity contribution >= 4 is 11.9 Å². The molecule has 0 fully saturated rings. The molecule has 0 aliphatic rings. The molecule has 0 unspecified atom stereocenters. The molecule has 0 radical (unpaired) electrons. The fourth-order valence-electron chi connectivity index (χ4n) is 1.91. The maximum absolute atomic E-state index is 11.6. The molecule has 1 rings (SSSR count). The summed E-state index contributed by atoms with van der Waals surface area (Å²) in [5.41, 5.74) is 2.67. The van der Waals surface area contributed by atoms with E-state index in [0.717, 1.165) is 23.5 Å². The average molecular weight is 267 g/mol. The lowest BCUT2D eigenvalue weighted by Gasteiger charge is -2.08. The summed E-state index contributed by atoms with van der Waals surface area (Å²) < 4.78 is 1.90. The Kier molecular flexibility index (Phi) is 5.09. The summed E-state index contributed by atoms with van der Waals surface area (Å²) in [7, 11) is 0. The van der Waals surface area contributed by atoms with E-state index >= 15 is 0 Å². The topological polar surface area (TPSA) is 84.2 Å². The number of nitrogens with zero attached hydrogens (tertiary/aromatic N) is 2. The second kappa shape index (κ2) is 6.36. The van der Waals surface area contributed by atoms with E-state index in [1.807, 2.05) is 18.5 Å². The van der Waals surface area contributed by atoms with Gasteiger partial charge in [0.25, 0.3) is 0 Å². The number of hydrogen-bond acceptors (Lipinski definition) is 3. The average Bonchev–Trinajstić information content (AvgIpc) is 2.53. The number of carboxylic acids is 1. The van der Waals surface area contributed by atoms with E-state index in [2.05, 4.69) is 24.3 Å². The first-order chi connectivity index (χ1) is 8.81. The zero-order chi connectivity index (χ0) is 14.6. The molecule has 1 aromatic heterocycles. The van der Waals surface area contributed by atoms with E-state index in [4.69, 9.17) is 5.11 Å². The van der Waals surface area contributed by atoms with E-state index in [-0.39, 0.29) is 18.9 Å². The number of hydrogen-bond donors (Lipinski definition) is 2. The normalized spacial score (nSPS) is 10.8. The van der Waals surface area contributed by atoms with Crippen LogP contribution in [0.4, 0.5) is 0 Å². The van der Waals surface area contributed by atoms with Gasteiger partial charge >= 0.3 is 5.97 Å². The highest BCUT2D eigenvalue weighted by Gasteiger charge is 2.15. The molecule has 2 N–H and O–H groups in total. The summed E-state index contributed by atoms with van der Waals surface area (Å²) in [6.45, 7) is 8.47. The predicted octanol–water partition coefficient (Wildman–Crippen LogP) is 0.899. The minimum Gasteiger partial charge on any atom is -0.480 e. The van der Waals surface area contributed by atoms with Crippen molar-refractivity contribution in [2.75, 3.05) is 6.54 Å². The van der Waals surface area contributed by atoms with Gasteiger partial charge < -0.3 is 10.4 Å². The van der Waals surface area contributed by atoms with Crippen LogP contribution in [-0.4, -0.2) is 33.3 Å². The van der Waals surface area contributed by atoms with Gasteiger partial charge in [0.05, 0.1) is 12.1 Å². The molecular formula is C13H21N3O3. The Morgan fingerprint density at radius 1 is 1.37 bits per heavy atom. The molecule has 0 atom stereocenters. The van der Waals surface area contributed by atoms with Crippen LogP contribution >= 0.6 is 0 Å². The van der Waals surface area contributed by atoms with Crippen molar-refractivity contribution in [3.05, 3.63) is 17.0 Å². The number of aromatic nitrogens is 2. The van der Waals surface area contributed by atoms with Crippen LogP contribution in [-0.2, 0) is 22.6 Å². The van der Waals surface area contributed by atoms with Gasteiger partial charge in [0.15, 0.2) is 0 Å². The monoisotopic (exact) mass is 267 g/mol.